The summed E-state index contributed by atoms with van der Waals surface area (Å²) in [6, 6.07) is -0.473. The second kappa shape index (κ2) is 4.95. The minimum Gasteiger partial charge on any atom is -0.380 e. The first-order valence-electron chi connectivity index (χ1n) is 4.11. The highest BCUT2D eigenvalue weighted by atomic mass is 16.5. The molecule has 1 atom stereocenters. The molecule has 0 aromatic carbocycles. The zero-order chi connectivity index (χ0) is 8.81. The number of ether oxygens (including phenoxy) is 1. The average Bonchev–Trinajstić information content (AvgIpc) is 2.28. The van der Waals surface area contributed by atoms with Gasteiger partial charge in [-0.1, -0.05) is 0 Å². The maximum atomic E-state index is 10.4. The van der Waals surface area contributed by atoms with Gasteiger partial charge in [-0.05, 0) is 0 Å². The van der Waals surface area contributed by atoms with Crippen LogP contribution in [0.1, 0.15) is 0 Å². The number of nitrogens with one attached hydrogen (secondary N) is 2. The fourth-order valence-electron chi connectivity index (χ4n) is 1.14. The summed E-state index contributed by atoms with van der Waals surface area (Å²) < 4.78 is 5.28. The third kappa shape index (κ3) is 3.54. The number of urea groups is 1. The second-order valence-corrected chi connectivity index (χ2v) is 2.89. The summed E-state index contributed by atoms with van der Waals surface area (Å²) in [5, 5.41) is 5.77. The van der Waals surface area contributed by atoms with Crippen molar-refractivity contribution in [3.05, 3.63) is 0 Å². The van der Waals surface area contributed by atoms with Crippen LogP contribution in [-0.4, -0.2) is 38.9 Å². The Kier molecular flexibility index (Phi) is 3.83. The molecule has 70 valence electrons. The molecule has 0 bridgehead atoms. The Morgan fingerprint density at radius 3 is 3.33 bits per heavy atom. The van der Waals surface area contributed by atoms with E-state index < -0.39 is 6.03 Å². The van der Waals surface area contributed by atoms with E-state index in [0.29, 0.717) is 19.1 Å². The SMILES string of the molecule is NC(=O)NCC1CNCCOC1. The molecule has 0 radical (unpaired) electrons. The van der Waals surface area contributed by atoms with Gasteiger partial charge in [-0.25, -0.2) is 4.79 Å². The van der Waals surface area contributed by atoms with Gasteiger partial charge < -0.3 is 21.1 Å². The quantitative estimate of drug-likeness (QED) is 0.495. The zero-order valence-electron chi connectivity index (χ0n) is 7.01. The van der Waals surface area contributed by atoms with Gasteiger partial charge in [0.1, 0.15) is 0 Å². The van der Waals surface area contributed by atoms with Gasteiger partial charge in [0, 0.05) is 25.6 Å². The van der Waals surface area contributed by atoms with Crippen molar-refractivity contribution in [3.8, 4) is 0 Å². The van der Waals surface area contributed by atoms with Crippen LogP contribution in [0.3, 0.4) is 0 Å². The van der Waals surface area contributed by atoms with Crippen molar-refractivity contribution in [1.82, 2.24) is 10.6 Å². The van der Waals surface area contributed by atoms with E-state index in [2.05, 4.69) is 10.6 Å². The minimum atomic E-state index is -0.473. The van der Waals surface area contributed by atoms with Crippen molar-refractivity contribution in [3.63, 3.8) is 0 Å². The number of amides is 2. The number of primary amides is 1. The molecule has 1 fully saturated rings. The van der Waals surface area contributed by atoms with Gasteiger partial charge in [-0.3, -0.25) is 0 Å². The van der Waals surface area contributed by atoms with Crippen molar-refractivity contribution in [2.75, 3.05) is 32.8 Å². The van der Waals surface area contributed by atoms with Crippen LogP contribution in [0.4, 0.5) is 4.79 Å². The number of nitrogens with two attached hydrogens (primary N) is 1. The zero-order valence-corrected chi connectivity index (χ0v) is 7.01. The first-order chi connectivity index (χ1) is 5.79. The predicted octanol–water partition coefficient (Wildman–Crippen LogP) is -1.11. The Morgan fingerprint density at radius 2 is 2.58 bits per heavy atom. The van der Waals surface area contributed by atoms with E-state index in [0.717, 1.165) is 19.7 Å². The Labute approximate surface area is 71.6 Å². The van der Waals surface area contributed by atoms with Gasteiger partial charge in [0.15, 0.2) is 0 Å². The Bertz CT molecular complexity index is 144. The summed E-state index contributed by atoms with van der Waals surface area (Å²) in [5.41, 5.74) is 4.94. The molecule has 0 saturated carbocycles. The third-order valence-corrected chi connectivity index (χ3v) is 1.77. The number of rotatable bonds is 2. The molecule has 1 rings (SSSR count). The van der Waals surface area contributed by atoms with Gasteiger partial charge in [-0.15, -0.1) is 0 Å². The lowest BCUT2D eigenvalue weighted by Crippen LogP contribution is -2.37. The van der Waals surface area contributed by atoms with E-state index in [1.54, 1.807) is 0 Å². The summed E-state index contributed by atoms with van der Waals surface area (Å²) in [4.78, 5) is 10.4. The molecular weight excluding hydrogens is 158 g/mol. The average molecular weight is 173 g/mol. The van der Waals surface area contributed by atoms with Crippen molar-refractivity contribution >= 4 is 6.03 Å². The normalized spacial score (nSPS) is 24.5. The summed E-state index contributed by atoms with van der Waals surface area (Å²) in [6.07, 6.45) is 0. The van der Waals surface area contributed by atoms with Crippen LogP contribution >= 0.6 is 0 Å². The van der Waals surface area contributed by atoms with E-state index in [1.807, 2.05) is 0 Å². The summed E-state index contributed by atoms with van der Waals surface area (Å²) in [6.45, 7) is 3.77. The van der Waals surface area contributed by atoms with Crippen molar-refractivity contribution in [2.45, 2.75) is 0 Å². The number of carbonyl (C=O) groups excluding carboxylic acids is 1. The van der Waals surface area contributed by atoms with Crippen LogP contribution < -0.4 is 16.4 Å². The van der Waals surface area contributed by atoms with E-state index in [-0.39, 0.29) is 0 Å². The Balaban J connectivity index is 2.16. The van der Waals surface area contributed by atoms with Crippen LogP contribution in [-0.2, 0) is 4.74 Å². The maximum Gasteiger partial charge on any atom is 0.312 e. The monoisotopic (exact) mass is 173 g/mol. The molecule has 0 aliphatic carbocycles. The molecule has 1 saturated heterocycles. The molecule has 1 aliphatic rings. The summed E-state index contributed by atoms with van der Waals surface area (Å²) >= 11 is 0. The molecule has 5 heteroatoms. The number of carbonyl (C=O) groups is 1. The minimum absolute atomic E-state index is 0.333. The molecule has 1 heterocycles. The molecule has 0 spiro atoms. The van der Waals surface area contributed by atoms with E-state index >= 15 is 0 Å². The predicted molar refractivity (Wildman–Crippen MR) is 44.8 cm³/mol. The fraction of sp³-hybridized carbons (Fsp3) is 0.857. The molecular formula is C7H15N3O2. The van der Waals surface area contributed by atoms with Crippen molar-refractivity contribution < 1.29 is 9.53 Å². The molecule has 1 aliphatic heterocycles. The molecule has 4 N–H and O–H groups in total. The van der Waals surface area contributed by atoms with Crippen molar-refractivity contribution in [2.24, 2.45) is 11.7 Å². The molecule has 2 amide bonds. The van der Waals surface area contributed by atoms with Gasteiger partial charge in [-0.2, -0.15) is 0 Å². The van der Waals surface area contributed by atoms with Gasteiger partial charge >= 0.3 is 6.03 Å². The lowest BCUT2D eigenvalue weighted by Gasteiger charge is -2.12. The molecule has 0 aromatic heterocycles. The Hall–Kier alpha value is -0.810. The fourth-order valence-corrected chi connectivity index (χ4v) is 1.14. The maximum absolute atomic E-state index is 10.4. The van der Waals surface area contributed by atoms with Gasteiger partial charge in [0.2, 0.25) is 0 Å². The first kappa shape index (κ1) is 9.28. The topological polar surface area (TPSA) is 76.4 Å². The molecule has 12 heavy (non-hydrogen) atoms. The largest absolute Gasteiger partial charge is 0.380 e. The van der Waals surface area contributed by atoms with E-state index in [9.17, 15) is 4.79 Å². The van der Waals surface area contributed by atoms with E-state index in [1.165, 1.54) is 0 Å². The smallest absolute Gasteiger partial charge is 0.312 e. The van der Waals surface area contributed by atoms with Crippen LogP contribution in [0.15, 0.2) is 0 Å². The van der Waals surface area contributed by atoms with E-state index in [4.69, 9.17) is 10.5 Å². The highest BCUT2D eigenvalue weighted by molar-refractivity contribution is 5.71. The van der Waals surface area contributed by atoms with Crippen molar-refractivity contribution in [1.29, 1.82) is 0 Å². The molecule has 1 unspecified atom stereocenters. The van der Waals surface area contributed by atoms with Gasteiger partial charge in [0.25, 0.3) is 0 Å². The standard InChI is InChI=1S/C7H15N3O2/c8-7(11)10-4-6-3-9-1-2-12-5-6/h6,9H,1-5H2,(H3,8,10,11). The third-order valence-electron chi connectivity index (χ3n) is 1.77. The van der Waals surface area contributed by atoms with Gasteiger partial charge in [0.05, 0.1) is 13.2 Å². The Morgan fingerprint density at radius 1 is 1.75 bits per heavy atom. The number of hydrogen-bond acceptors (Lipinski definition) is 3. The van der Waals surface area contributed by atoms with Crippen LogP contribution in [0.2, 0.25) is 0 Å². The number of hydrogen-bond donors (Lipinski definition) is 3. The first-order valence-corrected chi connectivity index (χ1v) is 4.11. The molecule has 0 aromatic rings. The second-order valence-electron chi connectivity index (χ2n) is 2.89. The van der Waals surface area contributed by atoms with Crippen LogP contribution in [0, 0.1) is 5.92 Å². The lowest BCUT2D eigenvalue weighted by molar-refractivity contribution is 0.123. The summed E-state index contributed by atoms with van der Waals surface area (Å²) in [7, 11) is 0. The highest BCUT2D eigenvalue weighted by Gasteiger charge is 2.11. The molecule has 5 nitrogen and oxygen atoms in total. The highest BCUT2D eigenvalue weighted by Crippen LogP contribution is 1.97. The van der Waals surface area contributed by atoms with Crippen LogP contribution in [0.5, 0.6) is 0 Å². The summed E-state index contributed by atoms with van der Waals surface area (Å²) in [5.74, 6) is 0.333. The van der Waals surface area contributed by atoms with Crippen LogP contribution in [0.25, 0.3) is 0 Å². The lowest BCUT2D eigenvalue weighted by atomic mass is 10.1.